The third-order valence-electron chi connectivity index (χ3n) is 3.55. The van der Waals surface area contributed by atoms with Crippen molar-refractivity contribution >= 4 is 0 Å². The number of aromatic nitrogens is 2. The molecule has 0 amide bonds. The Morgan fingerprint density at radius 1 is 1.14 bits per heavy atom. The molecule has 2 heterocycles. The minimum atomic E-state index is -4.10. The van der Waals surface area contributed by atoms with E-state index in [1.165, 1.54) is 12.1 Å². The van der Waals surface area contributed by atoms with Crippen LogP contribution in [0.15, 0.2) is 36.7 Å². The lowest BCUT2D eigenvalue weighted by Gasteiger charge is -2.39. The number of halogens is 4. The Balaban J connectivity index is 1.61. The lowest BCUT2D eigenvalue weighted by Crippen LogP contribution is -2.52. The first-order valence-electron chi connectivity index (χ1n) is 6.50. The highest BCUT2D eigenvalue weighted by molar-refractivity contribution is 5.31. The maximum absolute atomic E-state index is 12.8. The minimum Gasteiger partial charge on any atom is -0.298 e. The van der Waals surface area contributed by atoms with Gasteiger partial charge in [0.1, 0.15) is 5.82 Å². The fraction of sp³-hybridized carbons (Fsp3) is 0.357. The molecule has 1 fully saturated rings. The van der Waals surface area contributed by atoms with Crippen LogP contribution in [0.2, 0.25) is 0 Å². The Kier molecular flexibility index (Phi) is 3.44. The van der Waals surface area contributed by atoms with Gasteiger partial charge in [-0.1, -0.05) is 0 Å². The molecule has 1 aliphatic heterocycles. The summed E-state index contributed by atoms with van der Waals surface area (Å²) < 4.78 is 51.6. The van der Waals surface area contributed by atoms with Crippen LogP contribution in [0.1, 0.15) is 5.56 Å². The van der Waals surface area contributed by atoms with E-state index < -0.39 is 12.1 Å². The molecule has 0 N–H and O–H groups in total. The maximum atomic E-state index is 12.8. The largest absolute Gasteiger partial charge is 0.394 e. The van der Waals surface area contributed by atoms with Crippen molar-refractivity contribution in [2.24, 2.45) is 5.92 Å². The summed E-state index contributed by atoms with van der Waals surface area (Å²) >= 11 is 0. The zero-order valence-electron chi connectivity index (χ0n) is 11.0. The average molecular weight is 299 g/mol. The molecule has 1 aromatic carbocycles. The zero-order chi connectivity index (χ0) is 15.0. The van der Waals surface area contributed by atoms with Crippen molar-refractivity contribution < 1.29 is 17.6 Å². The molecule has 112 valence electrons. The molecule has 3 rings (SSSR count). The van der Waals surface area contributed by atoms with E-state index in [0.29, 0.717) is 12.2 Å². The summed E-state index contributed by atoms with van der Waals surface area (Å²) in [6.45, 7) is 0.504. The summed E-state index contributed by atoms with van der Waals surface area (Å²) in [7, 11) is 0. The summed E-state index contributed by atoms with van der Waals surface area (Å²) in [5.41, 5.74) is 1.54. The molecule has 0 bridgehead atoms. The molecule has 0 radical (unpaired) electrons. The van der Waals surface area contributed by atoms with Gasteiger partial charge in [-0.3, -0.25) is 4.90 Å². The summed E-state index contributed by atoms with van der Waals surface area (Å²) in [6.07, 6.45) is -0.743. The fourth-order valence-corrected chi connectivity index (χ4v) is 2.34. The fourth-order valence-electron chi connectivity index (χ4n) is 2.34. The van der Waals surface area contributed by atoms with Crippen LogP contribution in [0.5, 0.6) is 0 Å². The van der Waals surface area contributed by atoms with E-state index in [0.717, 1.165) is 5.56 Å². The summed E-state index contributed by atoms with van der Waals surface area (Å²) in [5, 5.41) is 4.14. The van der Waals surface area contributed by atoms with E-state index in [1.54, 1.807) is 34.1 Å². The van der Waals surface area contributed by atoms with Gasteiger partial charge in [-0.15, -0.1) is 0 Å². The number of nitrogens with zero attached hydrogens (tertiary/aromatic N) is 3. The number of alkyl halides is 3. The lowest BCUT2D eigenvalue weighted by molar-refractivity contribution is -0.210. The van der Waals surface area contributed by atoms with Gasteiger partial charge in [0.15, 0.2) is 0 Å². The Hall–Kier alpha value is -1.89. The van der Waals surface area contributed by atoms with Gasteiger partial charge in [-0.05, 0) is 24.3 Å². The third kappa shape index (κ3) is 3.07. The van der Waals surface area contributed by atoms with E-state index in [-0.39, 0.29) is 18.9 Å². The molecule has 3 nitrogen and oxygen atoms in total. The van der Waals surface area contributed by atoms with Crippen LogP contribution in [0.4, 0.5) is 17.6 Å². The molecule has 1 saturated heterocycles. The second-order valence-corrected chi connectivity index (χ2v) is 5.20. The monoisotopic (exact) mass is 299 g/mol. The second-order valence-electron chi connectivity index (χ2n) is 5.20. The molecule has 0 saturated carbocycles. The van der Waals surface area contributed by atoms with Crippen molar-refractivity contribution in [2.75, 3.05) is 13.1 Å². The van der Waals surface area contributed by atoms with E-state index in [4.69, 9.17) is 0 Å². The highest BCUT2D eigenvalue weighted by Crippen LogP contribution is 2.34. The molecule has 0 spiro atoms. The van der Waals surface area contributed by atoms with Crippen molar-refractivity contribution in [3.8, 4) is 5.69 Å². The van der Waals surface area contributed by atoms with Gasteiger partial charge in [-0.2, -0.15) is 18.3 Å². The molecule has 21 heavy (non-hydrogen) atoms. The second kappa shape index (κ2) is 5.14. The quantitative estimate of drug-likeness (QED) is 0.812. The highest BCUT2D eigenvalue weighted by Gasteiger charge is 2.46. The molecule has 0 atom stereocenters. The zero-order valence-corrected chi connectivity index (χ0v) is 11.0. The molecular weight excluding hydrogens is 286 g/mol. The van der Waals surface area contributed by atoms with E-state index >= 15 is 0 Å². The Morgan fingerprint density at radius 2 is 1.81 bits per heavy atom. The number of hydrogen-bond donors (Lipinski definition) is 0. The number of likely N-dealkylation sites (tertiary alicyclic amines) is 1. The Labute approximate surface area is 118 Å². The summed E-state index contributed by atoms with van der Waals surface area (Å²) in [4.78, 5) is 1.73. The van der Waals surface area contributed by atoms with Crippen molar-refractivity contribution in [3.05, 3.63) is 48.0 Å². The van der Waals surface area contributed by atoms with Gasteiger partial charge < -0.3 is 0 Å². The standard InChI is InChI=1S/C14H13F4N3/c15-12-1-3-13(4-2-12)21-7-10(5-19-21)6-20-8-11(9-20)14(16,17)18/h1-5,7,11H,6,8-9H2. The van der Waals surface area contributed by atoms with Gasteiger partial charge >= 0.3 is 6.18 Å². The number of rotatable bonds is 3. The molecule has 0 unspecified atom stereocenters. The first-order chi connectivity index (χ1) is 9.91. The lowest BCUT2D eigenvalue weighted by atomic mass is 9.99. The Morgan fingerprint density at radius 3 is 2.43 bits per heavy atom. The van der Waals surface area contributed by atoms with Gasteiger partial charge in [0.05, 0.1) is 17.8 Å². The predicted molar refractivity (Wildman–Crippen MR) is 68.3 cm³/mol. The van der Waals surface area contributed by atoms with E-state index in [9.17, 15) is 17.6 Å². The van der Waals surface area contributed by atoms with Crippen LogP contribution in [0.25, 0.3) is 5.69 Å². The van der Waals surface area contributed by atoms with Gasteiger partial charge in [0, 0.05) is 31.4 Å². The molecule has 1 aromatic heterocycles. The van der Waals surface area contributed by atoms with Crippen molar-refractivity contribution in [1.29, 1.82) is 0 Å². The van der Waals surface area contributed by atoms with Crippen molar-refractivity contribution in [2.45, 2.75) is 12.7 Å². The average Bonchev–Trinajstić information content (AvgIpc) is 2.81. The van der Waals surface area contributed by atoms with Crippen molar-refractivity contribution in [1.82, 2.24) is 14.7 Å². The summed E-state index contributed by atoms with van der Waals surface area (Å²) in [5.74, 6) is -1.55. The van der Waals surface area contributed by atoms with Crippen LogP contribution in [-0.2, 0) is 6.54 Å². The molecule has 0 aliphatic carbocycles. The topological polar surface area (TPSA) is 21.1 Å². The maximum Gasteiger partial charge on any atom is 0.394 e. The van der Waals surface area contributed by atoms with Crippen LogP contribution in [-0.4, -0.2) is 33.9 Å². The molecular formula is C14H13F4N3. The SMILES string of the molecule is Fc1ccc(-n2cc(CN3CC(C(F)(F)F)C3)cn2)cc1. The van der Waals surface area contributed by atoms with Gasteiger partial charge in [-0.25, -0.2) is 9.07 Å². The van der Waals surface area contributed by atoms with E-state index in [1.807, 2.05) is 0 Å². The predicted octanol–water partition coefficient (Wildman–Crippen LogP) is 3.01. The number of hydrogen-bond acceptors (Lipinski definition) is 2. The van der Waals surface area contributed by atoms with Gasteiger partial charge in [0.25, 0.3) is 0 Å². The molecule has 1 aliphatic rings. The van der Waals surface area contributed by atoms with Crippen LogP contribution < -0.4 is 0 Å². The van der Waals surface area contributed by atoms with Crippen LogP contribution in [0.3, 0.4) is 0 Å². The first-order valence-corrected chi connectivity index (χ1v) is 6.50. The number of benzene rings is 1. The van der Waals surface area contributed by atoms with Crippen LogP contribution in [0, 0.1) is 11.7 Å². The normalized spacial score (nSPS) is 17.0. The van der Waals surface area contributed by atoms with E-state index in [2.05, 4.69) is 5.10 Å². The third-order valence-corrected chi connectivity index (χ3v) is 3.55. The highest BCUT2D eigenvalue weighted by atomic mass is 19.4. The molecule has 2 aromatic rings. The first kappa shape index (κ1) is 14.1. The molecule has 7 heteroatoms. The smallest absolute Gasteiger partial charge is 0.298 e. The van der Waals surface area contributed by atoms with Gasteiger partial charge in [0.2, 0.25) is 0 Å². The Bertz CT molecular complexity index is 612. The summed E-state index contributed by atoms with van der Waals surface area (Å²) in [6, 6.07) is 5.85. The van der Waals surface area contributed by atoms with Crippen LogP contribution >= 0.6 is 0 Å². The van der Waals surface area contributed by atoms with Crippen molar-refractivity contribution in [3.63, 3.8) is 0 Å². The minimum absolute atomic E-state index is 0.0330.